The topological polar surface area (TPSA) is 68.9 Å². The molecule has 0 atom stereocenters. The maximum absolute atomic E-state index is 13.8. The van der Waals surface area contributed by atoms with Gasteiger partial charge < -0.3 is 20.5 Å². The molecule has 216 valence electrons. The molecule has 1 rings (SSSR count). The fourth-order valence-corrected chi connectivity index (χ4v) is 4.20. The van der Waals surface area contributed by atoms with E-state index in [0.717, 1.165) is 40.3 Å². The van der Waals surface area contributed by atoms with Gasteiger partial charge in [0.15, 0.2) is 0 Å². The lowest BCUT2D eigenvalue weighted by molar-refractivity contribution is 0.172. The molecule has 0 spiro atoms. The summed E-state index contributed by atoms with van der Waals surface area (Å²) in [6.45, 7) is 19.1. The molecule has 0 bridgehead atoms. The zero-order valence-corrected chi connectivity index (χ0v) is 26.2. The fraction of sp³-hybridized carbons (Fsp3) is 0.387. The van der Waals surface area contributed by atoms with Crippen LogP contribution in [0.2, 0.25) is 0 Å². The highest BCUT2D eigenvalue weighted by Crippen LogP contribution is 2.33. The molecule has 0 unspecified atom stereocenters. The van der Waals surface area contributed by atoms with E-state index >= 15 is 0 Å². The first-order chi connectivity index (χ1) is 18.7. The van der Waals surface area contributed by atoms with E-state index in [1.54, 1.807) is 13.2 Å². The molecule has 39 heavy (non-hydrogen) atoms. The summed E-state index contributed by atoms with van der Waals surface area (Å²) in [5.41, 5.74) is 9.65. The van der Waals surface area contributed by atoms with Crippen molar-refractivity contribution in [3.05, 3.63) is 95.1 Å². The number of nitrogens with two attached hydrogens (primary N) is 1. The Kier molecular flexibility index (Phi) is 19.1. The largest absolute Gasteiger partial charge is 0.494 e. The summed E-state index contributed by atoms with van der Waals surface area (Å²) in [5, 5.41) is 3.34. The number of hydrogen-bond donors (Lipinski definition) is 2. The molecule has 3 N–H and O–H groups in total. The number of benzene rings is 1. The van der Waals surface area contributed by atoms with Crippen LogP contribution in [0.25, 0.3) is 5.57 Å². The lowest BCUT2D eigenvalue weighted by Crippen LogP contribution is -2.44. The van der Waals surface area contributed by atoms with Gasteiger partial charge in [0.25, 0.3) is 0 Å². The van der Waals surface area contributed by atoms with Crippen LogP contribution in [0.15, 0.2) is 94.5 Å². The maximum atomic E-state index is 13.8. The quantitative estimate of drug-likeness (QED) is 0.0895. The van der Waals surface area contributed by atoms with E-state index in [4.69, 9.17) is 20.2 Å². The average molecular weight is 576 g/mol. The molecule has 0 fully saturated rings. The van der Waals surface area contributed by atoms with Gasteiger partial charge in [0, 0.05) is 25.0 Å². The predicted molar refractivity (Wildman–Crippen MR) is 174 cm³/mol. The van der Waals surface area contributed by atoms with E-state index in [1.165, 1.54) is 17.8 Å². The minimum atomic E-state index is -0.488. The van der Waals surface area contributed by atoms with E-state index in [2.05, 4.69) is 31.1 Å². The van der Waals surface area contributed by atoms with Crippen molar-refractivity contribution in [1.82, 2.24) is 5.32 Å². The van der Waals surface area contributed by atoms with Gasteiger partial charge in [-0.25, -0.2) is 4.99 Å². The van der Waals surface area contributed by atoms with Crippen LogP contribution in [0.3, 0.4) is 0 Å². The van der Waals surface area contributed by atoms with Crippen LogP contribution in [0.5, 0.6) is 5.75 Å². The number of thioether (sulfide) groups is 1. The summed E-state index contributed by atoms with van der Waals surface area (Å²) in [4.78, 5) is 6.21. The van der Waals surface area contributed by atoms with Crippen LogP contribution in [-0.2, 0) is 4.74 Å². The van der Waals surface area contributed by atoms with Crippen molar-refractivity contribution in [3.8, 4) is 5.75 Å². The first-order valence-corrected chi connectivity index (χ1v) is 14.7. The first-order valence-electron chi connectivity index (χ1n) is 12.7. The highest BCUT2D eigenvalue weighted by molar-refractivity contribution is 8.02. The summed E-state index contributed by atoms with van der Waals surface area (Å²) in [6.07, 6.45) is 10.8. The zero-order chi connectivity index (χ0) is 29.8. The van der Waals surface area contributed by atoms with Gasteiger partial charge in [-0.1, -0.05) is 37.8 Å². The smallest absolute Gasteiger partial charge is 0.119 e. The van der Waals surface area contributed by atoms with Crippen LogP contribution in [-0.4, -0.2) is 44.9 Å². The lowest BCUT2D eigenvalue weighted by Gasteiger charge is -2.26. The Morgan fingerprint density at radius 2 is 1.82 bits per heavy atom. The van der Waals surface area contributed by atoms with Crippen molar-refractivity contribution >= 4 is 35.2 Å². The molecule has 5 nitrogen and oxygen atoms in total. The number of hydrogen-bond acceptors (Lipinski definition) is 7. The van der Waals surface area contributed by atoms with Gasteiger partial charge in [-0.15, -0.1) is 24.9 Å². The molecule has 0 radical (unpaired) electrons. The van der Waals surface area contributed by atoms with E-state index in [-0.39, 0.29) is 22.8 Å². The number of nitrogens with zero attached hydrogens (tertiary/aromatic N) is 1. The maximum Gasteiger partial charge on any atom is 0.119 e. The van der Waals surface area contributed by atoms with Crippen molar-refractivity contribution < 1.29 is 13.4 Å². The molecule has 0 aromatic heterocycles. The molecule has 0 saturated carbocycles. The van der Waals surface area contributed by atoms with E-state index in [9.17, 15) is 3.89 Å². The molecule has 0 aliphatic rings. The standard InChI is InChI=1S/C29H42FN3O2S2.C2H4/c1-9-12-24(37-30)27(31)28(25(36-8)13-10-2)33-26(29(4,5)32-6)20-21(3)22-14-16-23(17-15-22)35-19-11-18-34-7;1-2/h9,12-17,20,32H,1,10-11,18-19,31H2,2-8H3;1-2H2/b21-20+,24-12-,25-13-,28-27-,33-26-;. The number of ether oxygens (including phenoxy) is 2. The van der Waals surface area contributed by atoms with Crippen molar-refractivity contribution in [2.45, 2.75) is 46.1 Å². The molecule has 0 aliphatic heterocycles. The number of aliphatic imine (C=N–C) groups is 1. The Hall–Kier alpha value is -2.52. The Bertz CT molecular complexity index is 1040. The van der Waals surface area contributed by atoms with Crippen molar-refractivity contribution in [3.63, 3.8) is 0 Å². The molecule has 0 aliphatic carbocycles. The summed E-state index contributed by atoms with van der Waals surface area (Å²) >= 11 is 1.62. The van der Waals surface area contributed by atoms with Gasteiger partial charge in [-0.2, -0.15) is 3.89 Å². The number of methoxy groups -OCH3 is 1. The molecule has 1 aromatic carbocycles. The SMILES string of the molecule is C=C.C=C/C=C(SF)/C(N)=C(/N=C(/C=C(\C)c1ccc(OCCCOC)cc1)C(C)(C)NC)C(=C\CC)\SC. The van der Waals surface area contributed by atoms with Gasteiger partial charge in [0.2, 0.25) is 0 Å². The first kappa shape index (κ1) is 36.5. The summed E-state index contributed by atoms with van der Waals surface area (Å²) in [6, 6.07) is 7.98. The van der Waals surface area contributed by atoms with Crippen molar-refractivity contribution in [1.29, 1.82) is 0 Å². The number of allylic oxidation sites excluding steroid dienone is 4. The number of nitrogens with one attached hydrogen (secondary N) is 1. The second-order valence-electron chi connectivity index (χ2n) is 8.71. The van der Waals surface area contributed by atoms with E-state index < -0.39 is 5.54 Å². The molecule has 8 heteroatoms. The minimum Gasteiger partial charge on any atom is -0.494 e. The molecular formula is C31H46FN3O2S2. The van der Waals surface area contributed by atoms with Gasteiger partial charge in [0.1, 0.15) is 11.4 Å². The zero-order valence-electron chi connectivity index (χ0n) is 24.6. The number of rotatable bonds is 16. The van der Waals surface area contributed by atoms with Crippen LogP contribution >= 0.6 is 23.9 Å². The molecule has 0 amide bonds. The van der Waals surface area contributed by atoms with Gasteiger partial charge in [-0.3, -0.25) is 0 Å². The van der Waals surface area contributed by atoms with Crippen LogP contribution < -0.4 is 15.8 Å². The third-order valence-corrected chi connectivity index (χ3v) is 6.96. The highest BCUT2D eigenvalue weighted by Gasteiger charge is 2.24. The van der Waals surface area contributed by atoms with E-state index in [1.807, 2.05) is 71.3 Å². The Labute approximate surface area is 244 Å². The monoisotopic (exact) mass is 575 g/mol. The molecular weight excluding hydrogens is 529 g/mol. The van der Waals surface area contributed by atoms with Crippen molar-refractivity contribution in [2.75, 3.05) is 33.6 Å². The highest BCUT2D eigenvalue weighted by atomic mass is 32.2. The van der Waals surface area contributed by atoms with Gasteiger partial charge in [-0.05, 0) is 75.9 Å². The van der Waals surface area contributed by atoms with Gasteiger partial charge >= 0.3 is 0 Å². The predicted octanol–water partition coefficient (Wildman–Crippen LogP) is 8.26. The third-order valence-electron chi connectivity index (χ3n) is 5.64. The second-order valence-corrected chi connectivity index (χ2v) is 10.1. The lowest BCUT2D eigenvalue weighted by atomic mass is 9.94. The summed E-state index contributed by atoms with van der Waals surface area (Å²) in [5.74, 6) is 0.815. The summed E-state index contributed by atoms with van der Waals surface area (Å²) < 4.78 is 24.6. The van der Waals surface area contributed by atoms with Crippen LogP contribution in [0.1, 0.15) is 46.1 Å². The second kappa shape index (κ2) is 20.4. The normalized spacial score (nSPS) is 13.8. The molecule has 1 aromatic rings. The Balaban J connectivity index is 0.00000704. The van der Waals surface area contributed by atoms with Crippen molar-refractivity contribution in [2.24, 2.45) is 10.7 Å². The Morgan fingerprint density at radius 3 is 2.31 bits per heavy atom. The van der Waals surface area contributed by atoms with Gasteiger partial charge in [0.05, 0.1) is 40.6 Å². The van der Waals surface area contributed by atoms with Crippen LogP contribution in [0, 0.1) is 0 Å². The molecule has 0 saturated heterocycles. The van der Waals surface area contributed by atoms with E-state index in [0.29, 0.717) is 18.9 Å². The fourth-order valence-electron chi connectivity index (χ4n) is 3.19. The Morgan fingerprint density at radius 1 is 1.18 bits per heavy atom. The van der Waals surface area contributed by atoms with Crippen LogP contribution in [0.4, 0.5) is 3.89 Å². The number of halogens is 1. The summed E-state index contributed by atoms with van der Waals surface area (Å²) in [7, 11) is 3.57. The average Bonchev–Trinajstić information content (AvgIpc) is 2.96. The molecule has 0 heterocycles. The minimum absolute atomic E-state index is 0.0889. The third kappa shape index (κ3) is 12.5.